The second kappa shape index (κ2) is 5.81. The van der Waals surface area contributed by atoms with Gasteiger partial charge in [-0.3, -0.25) is 4.79 Å². The fourth-order valence-corrected chi connectivity index (χ4v) is 3.88. The Labute approximate surface area is 139 Å². The van der Waals surface area contributed by atoms with Gasteiger partial charge >= 0.3 is 0 Å². The van der Waals surface area contributed by atoms with E-state index in [1.54, 1.807) is 7.11 Å². The molecule has 1 heterocycles. The second-order valence-electron chi connectivity index (χ2n) is 4.72. The lowest BCUT2D eigenvalue weighted by atomic mass is 9.95. The molecule has 3 rings (SSSR count). The first-order valence-electron chi connectivity index (χ1n) is 6.42. The topological polar surface area (TPSA) is 35.5 Å². The molecule has 0 radical (unpaired) electrons. The summed E-state index contributed by atoms with van der Waals surface area (Å²) >= 11 is 6.87. The van der Waals surface area contributed by atoms with Crippen molar-refractivity contribution in [3.05, 3.63) is 56.5 Å². The average Bonchev–Trinajstić information content (AvgIpc) is 2.49. The first-order valence-corrected chi connectivity index (χ1v) is 8.01. The van der Waals surface area contributed by atoms with E-state index in [9.17, 15) is 4.79 Å². The first-order chi connectivity index (χ1) is 10.1. The minimum Gasteiger partial charge on any atom is -0.495 e. The molecule has 0 amide bonds. The average molecular weight is 412 g/mol. The van der Waals surface area contributed by atoms with E-state index >= 15 is 0 Å². The van der Waals surface area contributed by atoms with E-state index in [0.29, 0.717) is 23.5 Å². The first kappa shape index (κ1) is 14.6. The number of hydrogen-bond acceptors (Lipinski definition) is 3. The Balaban J connectivity index is 2.09. The molecule has 0 bridgehead atoms. The molecule has 0 aliphatic carbocycles. The van der Waals surface area contributed by atoms with Crippen LogP contribution in [0.4, 0.5) is 0 Å². The number of methoxy groups -OCH3 is 1. The molecule has 1 aliphatic rings. The number of ether oxygens (including phenoxy) is 2. The molecule has 0 N–H and O–H groups in total. The minimum absolute atomic E-state index is 0.0175. The third kappa shape index (κ3) is 2.60. The number of halogens is 2. The van der Waals surface area contributed by atoms with Crippen LogP contribution >= 0.6 is 31.9 Å². The highest BCUT2D eigenvalue weighted by Crippen LogP contribution is 2.47. The number of Topliss-reactive ketones (excluding diaryl/α,β-unsaturated/α-hetero) is 1. The Morgan fingerprint density at radius 1 is 1.19 bits per heavy atom. The number of rotatable bonds is 2. The highest BCUT2D eigenvalue weighted by molar-refractivity contribution is 9.11. The van der Waals surface area contributed by atoms with Crippen LogP contribution in [0.25, 0.3) is 0 Å². The monoisotopic (exact) mass is 410 g/mol. The number of hydrogen-bond donors (Lipinski definition) is 0. The second-order valence-corrected chi connectivity index (χ2v) is 6.43. The van der Waals surface area contributed by atoms with Gasteiger partial charge in [-0.2, -0.15) is 0 Å². The molecular weight excluding hydrogens is 400 g/mol. The zero-order valence-electron chi connectivity index (χ0n) is 11.2. The van der Waals surface area contributed by atoms with Gasteiger partial charge in [0.15, 0.2) is 5.78 Å². The fourth-order valence-electron chi connectivity index (χ4n) is 2.46. The van der Waals surface area contributed by atoms with E-state index in [4.69, 9.17) is 9.47 Å². The third-order valence-electron chi connectivity index (χ3n) is 3.43. The van der Waals surface area contributed by atoms with E-state index in [2.05, 4.69) is 31.9 Å². The van der Waals surface area contributed by atoms with E-state index < -0.39 is 0 Å². The smallest absolute Gasteiger partial charge is 0.174 e. The van der Waals surface area contributed by atoms with Crippen LogP contribution in [0.5, 0.6) is 11.5 Å². The Morgan fingerprint density at radius 3 is 2.57 bits per heavy atom. The highest BCUT2D eigenvalue weighted by atomic mass is 79.9. The molecule has 2 aromatic rings. The van der Waals surface area contributed by atoms with Crippen molar-refractivity contribution in [1.82, 2.24) is 0 Å². The van der Waals surface area contributed by atoms with Gasteiger partial charge in [0.2, 0.25) is 0 Å². The minimum atomic E-state index is -0.270. The predicted octanol–water partition coefficient (Wildman–Crippen LogP) is 4.93. The maximum atomic E-state index is 12.6. The van der Waals surface area contributed by atoms with Crippen LogP contribution in [-0.2, 0) is 0 Å². The zero-order valence-corrected chi connectivity index (χ0v) is 14.4. The van der Waals surface area contributed by atoms with Gasteiger partial charge in [0.25, 0.3) is 0 Å². The molecule has 1 atom stereocenters. The lowest BCUT2D eigenvalue weighted by Crippen LogP contribution is -2.21. The van der Waals surface area contributed by atoms with E-state index in [1.807, 2.05) is 36.4 Å². The van der Waals surface area contributed by atoms with Gasteiger partial charge < -0.3 is 9.47 Å². The standard InChI is InChI=1S/C16H12Br2O3/c1-20-15-10(17)7-11(18)16-14(15)12(19)8-13(21-16)9-5-3-2-4-6-9/h2-7,13H,8H2,1H3. The molecule has 0 spiro atoms. The Kier molecular flexibility index (Phi) is 4.04. The summed E-state index contributed by atoms with van der Waals surface area (Å²) in [5.41, 5.74) is 1.48. The summed E-state index contributed by atoms with van der Waals surface area (Å²) in [5.74, 6) is 1.08. The number of fused-ring (bicyclic) bond motifs is 1. The van der Waals surface area contributed by atoms with Crippen LogP contribution in [-0.4, -0.2) is 12.9 Å². The SMILES string of the molecule is COc1c(Br)cc(Br)c2c1C(=O)CC(c1ccccc1)O2. The molecule has 1 unspecified atom stereocenters. The zero-order chi connectivity index (χ0) is 15.0. The molecule has 0 fully saturated rings. The van der Waals surface area contributed by atoms with Crippen molar-refractivity contribution in [1.29, 1.82) is 0 Å². The van der Waals surface area contributed by atoms with Crippen LogP contribution in [0.15, 0.2) is 45.3 Å². The Hall–Kier alpha value is -1.33. The molecular formula is C16H12Br2O3. The van der Waals surface area contributed by atoms with E-state index in [1.165, 1.54) is 0 Å². The summed E-state index contributed by atoms with van der Waals surface area (Å²) < 4.78 is 12.9. The summed E-state index contributed by atoms with van der Waals surface area (Å²) in [6.07, 6.45) is 0.0318. The lowest BCUT2D eigenvalue weighted by Gasteiger charge is -2.28. The summed E-state index contributed by atoms with van der Waals surface area (Å²) in [7, 11) is 1.55. The van der Waals surface area contributed by atoms with Gasteiger partial charge in [-0.25, -0.2) is 0 Å². The normalized spacial score (nSPS) is 17.1. The predicted molar refractivity (Wildman–Crippen MR) is 87.2 cm³/mol. The van der Waals surface area contributed by atoms with Crippen LogP contribution in [0.2, 0.25) is 0 Å². The summed E-state index contributed by atoms with van der Waals surface area (Å²) in [6.45, 7) is 0. The van der Waals surface area contributed by atoms with Crippen LogP contribution < -0.4 is 9.47 Å². The molecule has 108 valence electrons. The van der Waals surface area contributed by atoms with Gasteiger partial charge in [-0.1, -0.05) is 30.3 Å². The number of benzene rings is 2. The van der Waals surface area contributed by atoms with Crippen molar-refractivity contribution < 1.29 is 14.3 Å². The third-order valence-corrected chi connectivity index (χ3v) is 4.60. The molecule has 3 nitrogen and oxygen atoms in total. The molecule has 2 aromatic carbocycles. The Bertz CT molecular complexity index is 698. The van der Waals surface area contributed by atoms with Crippen LogP contribution in [0, 0.1) is 0 Å². The van der Waals surface area contributed by atoms with Gasteiger partial charge in [0.05, 0.1) is 22.5 Å². The molecule has 21 heavy (non-hydrogen) atoms. The number of ketones is 1. The van der Waals surface area contributed by atoms with Gasteiger partial charge in [0, 0.05) is 0 Å². The van der Waals surface area contributed by atoms with Gasteiger partial charge in [-0.05, 0) is 43.5 Å². The Morgan fingerprint density at radius 2 is 1.90 bits per heavy atom. The largest absolute Gasteiger partial charge is 0.495 e. The van der Waals surface area contributed by atoms with Crippen molar-refractivity contribution in [2.75, 3.05) is 7.11 Å². The molecule has 5 heteroatoms. The van der Waals surface area contributed by atoms with Crippen LogP contribution in [0.3, 0.4) is 0 Å². The van der Waals surface area contributed by atoms with Crippen molar-refractivity contribution in [3.63, 3.8) is 0 Å². The molecule has 0 saturated carbocycles. The van der Waals surface area contributed by atoms with Crippen molar-refractivity contribution >= 4 is 37.6 Å². The van der Waals surface area contributed by atoms with Crippen molar-refractivity contribution in [2.24, 2.45) is 0 Å². The summed E-state index contributed by atoms with van der Waals surface area (Å²) in [6, 6.07) is 11.6. The van der Waals surface area contributed by atoms with Crippen molar-refractivity contribution in [2.45, 2.75) is 12.5 Å². The highest BCUT2D eigenvalue weighted by Gasteiger charge is 2.33. The maximum absolute atomic E-state index is 12.6. The molecule has 1 aliphatic heterocycles. The fraction of sp³-hybridized carbons (Fsp3) is 0.188. The number of carbonyl (C=O) groups excluding carboxylic acids is 1. The maximum Gasteiger partial charge on any atom is 0.174 e. The van der Waals surface area contributed by atoms with Crippen LogP contribution in [0.1, 0.15) is 28.4 Å². The lowest BCUT2D eigenvalue weighted by molar-refractivity contribution is 0.0843. The van der Waals surface area contributed by atoms with Gasteiger partial charge in [0.1, 0.15) is 23.2 Å². The number of carbonyl (C=O) groups is 1. The summed E-state index contributed by atoms with van der Waals surface area (Å²) in [5, 5.41) is 0. The molecule has 0 saturated heterocycles. The van der Waals surface area contributed by atoms with Crippen molar-refractivity contribution in [3.8, 4) is 11.5 Å². The quantitative estimate of drug-likeness (QED) is 0.702. The van der Waals surface area contributed by atoms with Gasteiger partial charge in [-0.15, -0.1) is 0 Å². The van der Waals surface area contributed by atoms with E-state index in [-0.39, 0.29) is 11.9 Å². The summed E-state index contributed by atoms with van der Waals surface area (Å²) in [4.78, 5) is 12.6. The van der Waals surface area contributed by atoms with E-state index in [0.717, 1.165) is 14.5 Å². The molecule has 0 aromatic heterocycles.